The number of benzene rings is 2. The number of nitrogens with one attached hydrogen (secondary N) is 3. The van der Waals surface area contributed by atoms with Crippen LogP contribution in [0.1, 0.15) is 18.4 Å². The van der Waals surface area contributed by atoms with E-state index >= 15 is 0 Å². The van der Waals surface area contributed by atoms with Gasteiger partial charge in [-0.25, -0.2) is 49.6 Å². The second-order valence-electron chi connectivity index (χ2n) is 8.19. The second kappa shape index (κ2) is 9.92. The Hall–Kier alpha value is -3.22. The number of nitrogens with zero attached hydrogens (tertiary/aromatic N) is 2. The van der Waals surface area contributed by atoms with Crippen LogP contribution in [-0.2, 0) is 36.6 Å². The van der Waals surface area contributed by atoms with Gasteiger partial charge >= 0.3 is 0 Å². The SMILES string of the molecule is NS(=O)(=O)c1cc(Nc2ncc(F)c(Nc3ccc(CNS(=O)(=O)C4CC4)cc3)n2)cc(S(N)(=O)=O)c1. The largest absolute Gasteiger partial charge is 0.338 e. The lowest BCUT2D eigenvalue weighted by atomic mass is 10.2. The van der Waals surface area contributed by atoms with Crippen molar-refractivity contribution in [2.45, 2.75) is 34.4 Å². The van der Waals surface area contributed by atoms with Crippen molar-refractivity contribution >= 4 is 53.2 Å². The summed E-state index contributed by atoms with van der Waals surface area (Å²) < 4.78 is 87.8. The number of nitrogens with two attached hydrogens (primary N) is 2. The molecule has 0 saturated heterocycles. The van der Waals surface area contributed by atoms with E-state index in [0.717, 1.165) is 24.4 Å². The highest BCUT2D eigenvalue weighted by Gasteiger charge is 2.35. The summed E-state index contributed by atoms with van der Waals surface area (Å²) in [6.45, 7) is 0.118. The first kappa shape index (κ1) is 26.8. The van der Waals surface area contributed by atoms with Crippen LogP contribution in [0.25, 0.3) is 0 Å². The van der Waals surface area contributed by atoms with Gasteiger partial charge in [0.05, 0.1) is 21.2 Å². The van der Waals surface area contributed by atoms with Gasteiger partial charge in [0.15, 0.2) is 11.6 Å². The maximum Gasteiger partial charge on any atom is 0.238 e. The fraction of sp³-hybridized carbons (Fsp3) is 0.200. The van der Waals surface area contributed by atoms with Crippen molar-refractivity contribution in [3.63, 3.8) is 0 Å². The molecule has 2 aromatic carbocycles. The maximum atomic E-state index is 14.4. The molecule has 0 unspecified atom stereocenters. The molecule has 0 amide bonds. The molecular formula is C20H22FN7O6S3. The van der Waals surface area contributed by atoms with Gasteiger partial charge in [-0.3, -0.25) is 0 Å². The second-order valence-corrected chi connectivity index (χ2v) is 13.4. The zero-order valence-corrected chi connectivity index (χ0v) is 21.4. The molecule has 0 radical (unpaired) electrons. The topological polar surface area (TPSA) is 216 Å². The summed E-state index contributed by atoms with van der Waals surface area (Å²) in [7, 11) is -11.9. The molecule has 1 aromatic heterocycles. The van der Waals surface area contributed by atoms with E-state index in [-0.39, 0.29) is 29.2 Å². The van der Waals surface area contributed by atoms with E-state index in [2.05, 4.69) is 25.3 Å². The monoisotopic (exact) mass is 571 g/mol. The van der Waals surface area contributed by atoms with Crippen molar-refractivity contribution in [3.05, 3.63) is 60.0 Å². The summed E-state index contributed by atoms with van der Waals surface area (Å²) >= 11 is 0. The molecule has 0 atom stereocenters. The standard InChI is InChI=1S/C20H22FN7O6S3/c21-18-11-24-20(27-14-7-16(35(22,29)30)9-17(8-14)36(23,31)32)28-19(18)26-13-3-1-12(2-4-13)10-25-37(33,34)15-5-6-15/h1-4,7-9,11,15,25H,5-6,10H2,(H2,22,29,30)(H2,23,31,32)(H2,24,26,27,28). The van der Waals surface area contributed by atoms with E-state index in [0.29, 0.717) is 24.1 Å². The summed E-state index contributed by atoms with van der Waals surface area (Å²) in [4.78, 5) is 6.73. The molecule has 37 heavy (non-hydrogen) atoms. The summed E-state index contributed by atoms with van der Waals surface area (Å²) in [5.41, 5.74) is 1.05. The van der Waals surface area contributed by atoms with Crippen molar-refractivity contribution in [1.29, 1.82) is 0 Å². The van der Waals surface area contributed by atoms with Gasteiger partial charge in [-0.05, 0) is 48.7 Å². The van der Waals surface area contributed by atoms with E-state index in [4.69, 9.17) is 10.3 Å². The van der Waals surface area contributed by atoms with Gasteiger partial charge in [-0.2, -0.15) is 4.98 Å². The Morgan fingerprint density at radius 2 is 1.46 bits per heavy atom. The van der Waals surface area contributed by atoms with Crippen LogP contribution in [0.15, 0.2) is 58.5 Å². The van der Waals surface area contributed by atoms with E-state index in [1.807, 2.05) is 0 Å². The number of hydrogen-bond acceptors (Lipinski definition) is 10. The normalized spacial score (nSPS) is 14.4. The van der Waals surface area contributed by atoms with Crippen molar-refractivity contribution in [3.8, 4) is 0 Å². The van der Waals surface area contributed by atoms with Crippen molar-refractivity contribution in [1.82, 2.24) is 14.7 Å². The third-order valence-corrected chi connectivity index (χ3v) is 8.88. The Morgan fingerprint density at radius 3 is 2.00 bits per heavy atom. The number of rotatable bonds is 10. The number of aromatic nitrogens is 2. The average molecular weight is 572 g/mol. The highest BCUT2D eigenvalue weighted by molar-refractivity contribution is 7.90. The molecule has 0 spiro atoms. The van der Waals surface area contributed by atoms with Crippen LogP contribution in [0, 0.1) is 5.82 Å². The lowest BCUT2D eigenvalue weighted by Crippen LogP contribution is -2.26. The van der Waals surface area contributed by atoms with E-state index in [9.17, 15) is 29.6 Å². The predicted molar refractivity (Wildman–Crippen MR) is 133 cm³/mol. The zero-order chi connectivity index (χ0) is 27.0. The predicted octanol–water partition coefficient (Wildman–Crippen LogP) is 0.979. The van der Waals surface area contributed by atoms with Crippen molar-refractivity contribution in [2.75, 3.05) is 10.6 Å². The Bertz CT molecular complexity index is 1610. The molecular weight excluding hydrogens is 549 g/mol. The first-order valence-corrected chi connectivity index (χ1v) is 15.2. The minimum absolute atomic E-state index is 0.0777. The van der Waals surface area contributed by atoms with Crippen LogP contribution in [0.2, 0.25) is 0 Å². The van der Waals surface area contributed by atoms with E-state index in [1.54, 1.807) is 24.3 Å². The molecule has 0 aliphatic heterocycles. The lowest BCUT2D eigenvalue weighted by Gasteiger charge is -2.12. The fourth-order valence-electron chi connectivity index (χ4n) is 3.14. The van der Waals surface area contributed by atoms with Crippen LogP contribution in [0.3, 0.4) is 0 Å². The minimum atomic E-state index is -4.28. The van der Waals surface area contributed by atoms with Gasteiger partial charge in [0.2, 0.25) is 36.0 Å². The summed E-state index contributed by atoms with van der Waals surface area (Å²) in [6.07, 6.45) is 2.16. The molecule has 1 aliphatic rings. The molecule has 1 fully saturated rings. The minimum Gasteiger partial charge on any atom is -0.338 e. The number of primary sulfonamides is 2. The molecule has 17 heteroatoms. The number of hydrogen-bond donors (Lipinski definition) is 5. The number of halogens is 1. The molecule has 1 aliphatic carbocycles. The quantitative estimate of drug-likeness (QED) is 0.232. The van der Waals surface area contributed by atoms with Crippen LogP contribution < -0.4 is 25.6 Å². The molecule has 1 saturated carbocycles. The number of sulfonamides is 3. The number of anilines is 4. The Labute approximate surface area is 212 Å². The molecule has 198 valence electrons. The van der Waals surface area contributed by atoms with Crippen molar-refractivity contribution < 1.29 is 29.6 Å². The zero-order valence-electron chi connectivity index (χ0n) is 18.9. The summed E-state index contributed by atoms with van der Waals surface area (Å²) in [5.74, 6) is -1.24. The molecule has 4 rings (SSSR count). The Kier molecular flexibility index (Phi) is 7.19. The lowest BCUT2D eigenvalue weighted by molar-refractivity contribution is 0.579. The maximum absolute atomic E-state index is 14.4. The first-order valence-electron chi connectivity index (χ1n) is 10.6. The van der Waals surface area contributed by atoms with Gasteiger partial charge < -0.3 is 10.6 Å². The summed E-state index contributed by atoms with van der Waals surface area (Å²) in [6, 6.07) is 9.40. The molecule has 1 heterocycles. The molecule has 0 bridgehead atoms. The Balaban J connectivity index is 1.51. The van der Waals surface area contributed by atoms with Crippen molar-refractivity contribution in [2.24, 2.45) is 10.3 Å². The van der Waals surface area contributed by atoms with Crippen LogP contribution in [0.5, 0.6) is 0 Å². The average Bonchev–Trinajstić information content (AvgIpc) is 3.66. The highest BCUT2D eigenvalue weighted by Crippen LogP contribution is 2.28. The van der Waals surface area contributed by atoms with Gasteiger partial charge in [0, 0.05) is 17.9 Å². The van der Waals surface area contributed by atoms with Crippen LogP contribution in [-0.4, -0.2) is 40.5 Å². The van der Waals surface area contributed by atoms with E-state index in [1.165, 1.54) is 0 Å². The fourth-order valence-corrected chi connectivity index (χ4v) is 5.74. The van der Waals surface area contributed by atoms with Crippen LogP contribution >= 0.6 is 0 Å². The smallest absolute Gasteiger partial charge is 0.238 e. The molecule has 3 aromatic rings. The first-order chi connectivity index (χ1) is 17.2. The van der Waals surface area contributed by atoms with E-state index < -0.39 is 45.7 Å². The summed E-state index contributed by atoms with van der Waals surface area (Å²) in [5, 5.41) is 15.3. The third-order valence-electron chi connectivity index (χ3n) is 5.19. The Morgan fingerprint density at radius 1 is 0.865 bits per heavy atom. The highest BCUT2D eigenvalue weighted by atomic mass is 32.2. The molecule has 7 N–H and O–H groups in total. The van der Waals surface area contributed by atoms with Gasteiger partial charge in [0.25, 0.3) is 0 Å². The molecule has 13 nitrogen and oxygen atoms in total. The van der Waals surface area contributed by atoms with Gasteiger partial charge in [0.1, 0.15) is 0 Å². The third kappa shape index (κ3) is 6.96. The van der Waals surface area contributed by atoms with Gasteiger partial charge in [-0.1, -0.05) is 12.1 Å². The van der Waals surface area contributed by atoms with Crippen LogP contribution in [0.4, 0.5) is 27.5 Å². The van der Waals surface area contributed by atoms with Gasteiger partial charge in [-0.15, -0.1) is 0 Å².